The quantitative estimate of drug-likeness (QED) is 0.852. The van der Waals surface area contributed by atoms with Crippen molar-refractivity contribution in [3.63, 3.8) is 0 Å². The van der Waals surface area contributed by atoms with E-state index in [4.69, 9.17) is 5.73 Å². The van der Waals surface area contributed by atoms with Crippen molar-refractivity contribution in [2.75, 3.05) is 19.6 Å². The van der Waals surface area contributed by atoms with E-state index in [9.17, 15) is 9.59 Å². The van der Waals surface area contributed by atoms with Gasteiger partial charge in [-0.25, -0.2) is 0 Å². The molecule has 0 aromatic heterocycles. The second-order valence-electron chi connectivity index (χ2n) is 6.27. The molecular formula is C17H24ClN3O2. The minimum atomic E-state index is -0.171. The van der Waals surface area contributed by atoms with Crippen molar-refractivity contribution in [2.45, 2.75) is 38.3 Å². The molecule has 3 rings (SSSR count). The van der Waals surface area contributed by atoms with Crippen LogP contribution in [0.25, 0.3) is 0 Å². The number of fused-ring (bicyclic) bond motifs is 1. The van der Waals surface area contributed by atoms with Gasteiger partial charge >= 0.3 is 0 Å². The summed E-state index contributed by atoms with van der Waals surface area (Å²) in [7, 11) is 0. The summed E-state index contributed by atoms with van der Waals surface area (Å²) in [6.07, 6.45) is 3.46. The molecule has 0 radical (unpaired) electrons. The molecule has 23 heavy (non-hydrogen) atoms. The predicted octanol–water partition coefficient (Wildman–Crippen LogP) is 1.91. The molecule has 1 aromatic rings. The number of likely N-dealkylation sites (tertiary alicyclic amines) is 1. The summed E-state index contributed by atoms with van der Waals surface area (Å²) < 4.78 is 0. The zero-order valence-corrected chi connectivity index (χ0v) is 14.2. The van der Waals surface area contributed by atoms with Gasteiger partial charge in [0.15, 0.2) is 0 Å². The van der Waals surface area contributed by atoms with Crippen LogP contribution in [0.15, 0.2) is 24.3 Å². The minimum Gasteiger partial charge on any atom is -0.327 e. The summed E-state index contributed by atoms with van der Waals surface area (Å²) in [5.41, 5.74) is 7.12. The third-order valence-corrected chi connectivity index (χ3v) is 4.76. The van der Waals surface area contributed by atoms with Crippen molar-refractivity contribution in [1.82, 2.24) is 9.80 Å². The zero-order chi connectivity index (χ0) is 15.7. The number of benzene rings is 1. The van der Waals surface area contributed by atoms with E-state index in [-0.39, 0.29) is 30.3 Å². The Morgan fingerprint density at radius 1 is 1.13 bits per heavy atom. The highest BCUT2D eigenvalue weighted by atomic mass is 35.5. The van der Waals surface area contributed by atoms with E-state index >= 15 is 0 Å². The van der Waals surface area contributed by atoms with E-state index in [0.29, 0.717) is 30.3 Å². The first-order valence-electron chi connectivity index (χ1n) is 8.04. The minimum absolute atomic E-state index is 0. The topological polar surface area (TPSA) is 66.6 Å². The van der Waals surface area contributed by atoms with Crippen LogP contribution in [0.2, 0.25) is 0 Å². The number of piperidine rings is 1. The normalized spacial score (nSPS) is 22.7. The molecule has 0 spiro atoms. The van der Waals surface area contributed by atoms with E-state index in [0.717, 1.165) is 19.4 Å². The maximum atomic E-state index is 12.4. The third kappa shape index (κ3) is 3.42. The summed E-state index contributed by atoms with van der Waals surface area (Å²) in [4.78, 5) is 28.4. The molecule has 2 amide bonds. The summed E-state index contributed by atoms with van der Waals surface area (Å²) >= 11 is 0. The van der Waals surface area contributed by atoms with Crippen LogP contribution in [0, 0.1) is 0 Å². The van der Waals surface area contributed by atoms with Gasteiger partial charge in [-0.2, -0.15) is 0 Å². The monoisotopic (exact) mass is 337 g/mol. The van der Waals surface area contributed by atoms with Crippen molar-refractivity contribution >= 4 is 24.2 Å². The maximum absolute atomic E-state index is 12.4. The van der Waals surface area contributed by atoms with Crippen LogP contribution in [0.3, 0.4) is 0 Å². The van der Waals surface area contributed by atoms with Crippen LogP contribution in [0.1, 0.15) is 46.9 Å². The van der Waals surface area contributed by atoms with Gasteiger partial charge < -0.3 is 5.73 Å². The Balaban J connectivity index is 0.00000192. The molecule has 0 aliphatic carbocycles. The van der Waals surface area contributed by atoms with E-state index in [1.165, 1.54) is 11.3 Å². The van der Waals surface area contributed by atoms with Crippen LogP contribution >= 0.6 is 12.4 Å². The van der Waals surface area contributed by atoms with Crippen molar-refractivity contribution in [2.24, 2.45) is 5.73 Å². The lowest BCUT2D eigenvalue weighted by Gasteiger charge is -2.38. The van der Waals surface area contributed by atoms with Gasteiger partial charge in [0.1, 0.15) is 0 Å². The number of halogens is 1. The fourth-order valence-electron chi connectivity index (χ4n) is 3.56. The lowest BCUT2D eigenvalue weighted by molar-refractivity contribution is 0.0599. The van der Waals surface area contributed by atoms with Gasteiger partial charge in [-0.15, -0.1) is 12.4 Å². The van der Waals surface area contributed by atoms with E-state index in [1.807, 2.05) is 6.92 Å². The fourth-order valence-corrected chi connectivity index (χ4v) is 3.56. The van der Waals surface area contributed by atoms with Gasteiger partial charge in [-0.05, 0) is 38.4 Å². The van der Waals surface area contributed by atoms with Gasteiger partial charge in [-0.3, -0.25) is 19.4 Å². The molecule has 2 aliphatic rings. The highest BCUT2D eigenvalue weighted by molar-refractivity contribution is 6.21. The van der Waals surface area contributed by atoms with Crippen LogP contribution in [0.5, 0.6) is 0 Å². The molecular weight excluding hydrogens is 314 g/mol. The van der Waals surface area contributed by atoms with Gasteiger partial charge in [0, 0.05) is 25.2 Å². The highest BCUT2D eigenvalue weighted by Gasteiger charge is 2.35. The fraction of sp³-hybridized carbons (Fsp3) is 0.529. The van der Waals surface area contributed by atoms with Crippen molar-refractivity contribution in [3.8, 4) is 0 Å². The Morgan fingerprint density at radius 3 is 2.30 bits per heavy atom. The number of hydrogen-bond donors (Lipinski definition) is 1. The van der Waals surface area contributed by atoms with Crippen molar-refractivity contribution < 1.29 is 9.59 Å². The van der Waals surface area contributed by atoms with Crippen molar-refractivity contribution in [1.29, 1.82) is 0 Å². The Kier molecular flexibility index (Phi) is 5.79. The second kappa shape index (κ2) is 7.43. The number of imide groups is 1. The molecule has 1 saturated heterocycles. The standard InChI is InChI=1S/C17H23N3O2.ClH/c1-12(18)15-8-4-5-9-19(15)10-11-20-16(21)13-6-2-3-7-14(13)17(20)22;/h2-3,6-7,12,15H,4-5,8-11,18H2,1H3;1H. The van der Waals surface area contributed by atoms with Gasteiger partial charge in [0.05, 0.1) is 11.1 Å². The maximum Gasteiger partial charge on any atom is 0.261 e. The molecule has 0 bridgehead atoms. The molecule has 2 unspecified atom stereocenters. The molecule has 126 valence electrons. The summed E-state index contributed by atoms with van der Waals surface area (Å²) in [6.45, 7) is 4.17. The second-order valence-corrected chi connectivity index (χ2v) is 6.27. The number of nitrogens with zero attached hydrogens (tertiary/aromatic N) is 2. The first-order chi connectivity index (χ1) is 10.6. The van der Waals surface area contributed by atoms with Crippen molar-refractivity contribution in [3.05, 3.63) is 35.4 Å². The molecule has 2 heterocycles. The van der Waals surface area contributed by atoms with E-state index in [2.05, 4.69) is 4.90 Å². The summed E-state index contributed by atoms with van der Waals surface area (Å²) in [5, 5.41) is 0. The smallest absolute Gasteiger partial charge is 0.261 e. The molecule has 1 fully saturated rings. The number of nitrogens with two attached hydrogens (primary N) is 1. The van der Waals surface area contributed by atoms with Crippen LogP contribution in [0.4, 0.5) is 0 Å². The first-order valence-corrected chi connectivity index (χ1v) is 8.04. The number of rotatable bonds is 4. The number of amides is 2. The van der Waals surface area contributed by atoms with E-state index < -0.39 is 0 Å². The third-order valence-electron chi connectivity index (χ3n) is 4.76. The Morgan fingerprint density at radius 2 is 1.74 bits per heavy atom. The predicted molar refractivity (Wildman–Crippen MR) is 91.9 cm³/mol. The number of carbonyl (C=O) groups is 2. The SMILES string of the molecule is CC(N)C1CCCCN1CCN1C(=O)c2ccccc2C1=O.Cl. The van der Waals surface area contributed by atoms with Gasteiger partial charge in [0.25, 0.3) is 11.8 Å². The van der Waals surface area contributed by atoms with Crippen LogP contribution in [-0.4, -0.2) is 53.3 Å². The van der Waals surface area contributed by atoms with Gasteiger partial charge in [-0.1, -0.05) is 18.6 Å². The Labute approximate surface area is 143 Å². The average Bonchev–Trinajstić information content (AvgIpc) is 2.77. The lowest BCUT2D eigenvalue weighted by Crippen LogP contribution is -2.51. The first kappa shape index (κ1) is 17.9. The largest absolute Gasteiger partial charge is 0.327 e. The van der Waals surface area contributed by atoms with E-state index in [1.54, 1.807) is 24.3 Å². The lowest BCUT2D eigenvalue weighted by atomic mass is 9.97. The zero-order valence-electron chi connectivity index (χ0n) is 13.4. The molecule has 6 heteroatoms. The van der Waals surface area contributed by atoms with Crippen LogP contribution < -0.4 is 5.73 Å². The molecule has 5 nitrogen and oxygen atoms in total. The van der Waals surface area contributed by atoms with Crippen LogP contribution in [-0.2, 0) is 0 Å². The molecule has 2 N–H and O–H groups in total. The average molecular weight is 338 g/mol. The molecule has 2 aliphatic heterocycles. The molecule has 2 atom stereocenters. The molecule has 0 saturated carbocycles. The Bertz CT molecular complexity index is 556. The Hall–Kier alpha value is -1.43. The molecule has 1 aromatic carbocycles. The summed E-state index contributed by atoms with van der Waals surface area (Å²) in [5.74, 6) is -0.343. The highest BCUT2D eigenvalue weighted by Crippen LogP contribution is 2.23. The van der Waals surface area contributed by atoms with Gasteiger partial charge in [0.2, 0.25) is 0 Å². The number of carbonyl (C=O) groups excluding carboxylic acids is 2. The number of hydrogen-bond acceptors (Lipinski definition) is 4. The summed E-state index contributed by atoms with van der Waals surface area (Å²) in [6, 6.07) is 7.50.